The molecule has 1 heterocycles. The lowest BCUT2D eigenvalue weighted by molar-refractivity contribution is 0.187. The standard InChI is InChI=1S/C16H20N2O4/c1-18(9-10-19)16(20)17-15(14-8-5-11-22-14)12-6-3-4-7-13(12)21-2/h3-8,11,15,19H,9-10H2,1-2H3,(H,17,20). The Balaban J connectivity index is 2.30. The van der Waals surface area contributed by atoms with Crippen molar-refractivity contribution in [2.75, 3.05) is 27.3 Å². The first kappa shape index (κ1) is 15.9. The molecule has 2 amide bonds. The number of aliphatic hydroxyl groups is 1. The van der Waals surface area contributed by atoms with E-state index in [1.54, 1.807) is 32.6 Å². The smallest absolute Gasteiger partial charge is 0.318 e. The molecule has 0 radical (unpaired) electrons. The monoisotopic (exact) mass is 304 g/mol. The molecule has 0 saturated carbocycles. The van der Waals surface area contributed by atoms with E-state index in [-0.39, 0.29) is 19.2 Å². The zero-order valence-electron chi connectivity index (χ0n) is 12.7. The van der Waals surface area contributed by atoms with Crippen molar-refractivity contribution in [3.05, 3.63) is 54.0 Å². The van der Waals surface area contributed by atoms with Crippen molar-refractivity contribution in [1.82, 2.24) is 10.2 Å². The van der Waals surface area contributed by atoms with Crippen LogP contribution in [0.3, 0.4) is 0 Å². The van der Waals surface area contributed by atoms with Crippen molar-refractivity contribution < 1.29 is 19.1 Å². The fraction of sp³-hybridized carbons (Fsp3) is 0.312. The summed E-state index contributed by atoms with van der Waals surface area (Å²) in [6.45, 7) is 0.159. The maximum Gasteiger partial charge on any atom is 0.318 e. The van der Waals surface area contributed by atoms with Crippen LogP contribution in [0.5, 0.6) is 5.75 Å². The van der Waals surface area contributed by atoms with Gasteiger partial charge in [-0.3, -0.25) is 0 Å². The second-order valence-electron chi connectivity index (χ2n) is 4.79. The number of benzene rings is 1. The molecule has 0 spiro atoms. The Morgan fingerprint density at radius 1 is 1.36 bits per heavy atom. The molecule has 6 heteroatoms. The molecule has 0 bridgehead atoms. The van der Waals surface area contributed by atoms with E-state index in [0.29, 0.717) is 11.5 Å². The van der Waals surface area contributed by atoms with Crippen LogP contribution in [0.25, 0.3) is 0 Å². The normalized spacial score (nSPS) is 11.8. The van der Waals surface area contributed by atoms with Crippen molar-refractivity contribution in [1.29, 1.82) is 0 Å². The molecule has 1 aromatic carbocycles. The predicted octanol–water partition coefficient (Wildman–Crippen LogP) is 2.01. The lowest BCUT2D eigenvalue weighted by Gasteiger charge is -2.23. The molecular formula is C16H20N2O4. The Morgan fingerprint density at radius 3 is 2.77 bits per heavy atom. The van der Waals surface area contributed by atoms with Gasteiger partial charge in [-0.25, -0.2) is 4.79 Å². The molecule has 0 aliphatic carbocycles. The van der Waals surface area contributed by atoms with Gasteiger partial charge in [0.2, 0.25) is 0 Å². The minimum atomic E-state index is -0.472. The summed E-state index contributed by atoms with van der Waals surface area (Å²) >= 11 is 0. The SMILES string of the molecule is COc1ccccc1C(NC(=O)N(C)CCO)c1ccco1. The van der Waals surface area contributed by atoms with E-state index in [2.05, 4.69) is 5.32 Å². The third-order valence-corrected chi connectivity index (χ3v) is 3.33. The Bertz CT molecular complexity index is 598. The van der Waals surface area contributed by atoms with Gasteiger partial charge in [0.05, 0.1) is 20.0 Å². The number of para-hydroxylation sites is 1. The number of carbonyl (C=O) groups is 1. The Morgan fingerprint density at radius 2 is 2.14 bits per heavy atom. The number of likely N-dealkylation sites (N-methyl/N-ethyl adjacent to an activating group) is 1. The number of ether oxygens (including phenoxy) is 1. The number of methoxy groups -OCH3 is 1. The van der Waals surface area contributed by atoms with Gasteiger partial charge in [-0.15, -0.1) is 0 Å². The van der Waals surface area contributed by atoms with Crippen molar-refractivity contribution in [2.45, 2.75) is 6.04 Å². The molecule has 1 aromatic heterocycles. The largest absolute Gasteiger partial charge is 0.496 e. The Hall–Kier alpha value is -2.47. The number of rotatable bonds is 6. The van der Waals surface area contributed by atoms with Crippen LogP contribution in [0.15, 0.2) is 47.1 Å². The molecule has 2 aromatic rings. The van der Waals surface area contributed by atoms with Gasteiger partial charge in [0, 0.05) is 19.2 Å². The van der Waals surface area contributed by atoms with Gasteiger partial charge in [-0.1, -0.05) is 18.2 Å². The average Bonchev–Trinajstić information content (AvgIpc) is 3.06. The van der Waals surface area contributed by atoms with Crippen LogP contribution in [0.4, 0.5) is 4.79 Å². The number of aliphatic hydroxyl groups excluding tert-OH is 1. The third kappa shape index (κ3) is 3.59. The van der Waals surface area contributed by atoms with Gasteiger partial charge in [-0.2, -0.15) is 0 Å². The first-order chi connectivity index (χ1) is 10.7. The van der Waals surface area contributed by atoms with Crippen molar-refractivity contribution in [3.8, 4) is 5.75 Å². The first-order valence-corrected chi connectivity index (χ1v) is 6.96. The lowest BCUT2D eigenvalue weighted by atomic mass is 10.0. The summed E-state index contributed by atoms with van der Waals surface area (Å²) in [4.78, 5) is 13.6. The molecule has 1 atom stereocenters. The van der Waals surface area contributed by atoms with E-state index in [1.165, 1.54) is 4.90 Å². The number of nitrogens with one attached hydrogen (secondary N) is 1. The molecule has 0 aliphatic rings. The van der Waals surface area contributed by atoms with E-state index in [1.807, 2.05) is 24.3 Å². The molecule has 1 unspecified atom stereocenters. The van der Waals surface area contributed by atoms with E-state index < -0.39 is 6.04 Å². The maximum absolute atomic E-state index is 12.2. The molecular weight excluding hydrogens is 284 g/mol. The van der Waals surface area contributed by atoms with Crippen LogP contribution >= 0.6 is 0 Å². The van der Waals surface area contributed by atoms with Gasteiger partial charge in [-0.05, 0) is 18.2 Å². The molecule has 0 aliphatic heterocycles. The van der Waals surface area contributed by atoms with Crippen molar-refractivity contribution >= 4 is 6.03 Å². The zero-order chi connectivity index (χ0) is 15.9. The number of hydrogen-bond acceptors (Lipinski definition) is 4. The van der Waals surface area contributed by atoms with E-state index in [4.69, 9.17) is 14.3 Å². The highest BCUT2D eigenvalue weighted by molar-refractivity contribution is 5.75. The van der Waals surface area contributed by atoms with E-state index in [0.717, 1.165) is 5.56 Å². The van der Waals surface area contributed by atoms with E-state index in [9.17, 15) is 4.79 Å². The number of urea groups is 1. The summed E-state index contributed by atoms with van der Waals surface area (Å²) in [6, 6.07) is 10.2. The average molecular weight is 304 g/mol. The fourth-order valence-corrected chi connectivity index (χ4v) is 2.15. The number of hydrogen-bond donors (Lipinski definition) is 2. The second kappa shape index (κ2) is 7.51. The molecule has 6 nitrogen and oxygen atoms in total. The Kier molecular flexibility index (Phi) is 5.43. The van der Waals surface area contributed by atoms with Gasteiger partial charge >= 0.3 is 6.03 Å². The highest BCUT2D eigenvalue weighted by atomic mass is 16.5. The summed E-state index contributed by atoms with van der Waals surface area (Å²) in [5.41, 5.74) is 0.797. The Labute approximate surface area is 129 Å². The third-order valence-electron chi connectivity index (χ3n) is 3.33. The summed E-state index contributed by atoms with van der Waals surface area (Å²) in [6.07, 6.45) is 1.56. The lowest BCUT2D eigenvalue weighted by Crippen LogP contribution is -2.41. The zero-order valence-corrected chi connectivity index (χ0v) is 12.7. The van der Waals surface area contributed by atoms with Gasteiger partial charge in [0.25, 0.3) is 0 Å². The number of furan rings is 1. The van der Waals surface area contributed by atoms with E-state index >= 15 is 0 Å². The molecule has 2 N–H and O–H groups in total. The summed E-state index contributed by atoms with van der Waals surface area (Å²) in [5, 5.41) is 11.8. The molecule has 2 rings (SSSR count). The van der Waals surface area contributed by atoms with Gasteiger partial charge in [0.15, 0.2) is 0 Å². The quantitative estimate of drug-likeness (QED) is 0.856. The summed E-state index contributed by atoms with van der Waals surface area (Å²) in [7, 11) is 3.20. The van der Waals surface area contributed by atoms with Crippen LogP contribution < -0.4 is 10.1 Å². The molecule has 118 valence electrons. The number of carbonyl (C=O) groups excluding carboxylic acids is 1. The first-order valence-electron chi connectivity index (χ1n) is 6.96. The number of amides is 2. The molecule has 22 heavy (non-hydrogen) atoms. The molecule has 0 saturated heterocycles. The van der Waals surface area contributed by atoms with Crippen LogP contribution in [0.2, 0.25) is 0 Å². The van der Waals surface area contributed by atoms with Crippen LogP contribution in [-0.4, -0.2) is 43.3 Å². The highest BCUT2D eigenvalue weighted by Crippen LogP contribution is 2.30. The van der Waals surface area contributed by atoms with Gasteiger partial charge < -0.3 is 24.5 Å². The fourth-order valence-electron chi connectivity index (χ4n) is 2.15. The second-order valence-corrected chi connectivity index (χ2v) is 4.79. The van der Waals surface area contributed by atoms with Gasteiger partial charge in [0.1, 0.15) is 17.6 Å². The van der Waals surface area contributed by atoms with Crippen LogP contribution in [0.1, 0.15) is 17.4 Å². The minimum absolute atomic E-state index is 0.0933. The maximum atomic E-state index is 12.2. The van der Waals surface area contributed by atoms with Crippen LogP contribution in [-0.2, 0) is 0 Å². The molecule has 0 fully saturated rings. The van der Waals surface area contributed by atoms with Crippen LogP contribution in [0, 0.1) is 0 Å². The summed E-state index contributed by atoms with van der Waals surface area (Å²) in [5.74, 6) is 1.27. The number of nitrogens with zero attached hydrogens (tertiary/aromatic N) is 1. The minimum Gasteiger partial charge on any atom is -0.496 e. The van der Waals surface area contributed by atoms with Crippen molar-refractivity contribution in [2.24, 2.45) is 0 Å². The highest BCUT2D eigenvalue weighted by Gasteiger charge is 2.23. The van der Waals surface area contributed by atoms with Crippen molar-refractivity contribution in [3.63, 3.8) is 0 Å². The summed E-state index contributed by atoms with van der Waals surface area (Å²) < 4.78 is 10.8. The predicted molar refractivity (Wildman–Crippen MR) is 81.8 cm³/mol. The topological polar surface area (TPSA) is 74.9 Å².